The van der Waals surface area contributed by atoms with Crippen LogP contribution in [0.1, 0.15) is 68.3 Å². The van der Waals surface area contributed by atoms with Crippen LogP contribution in [0.4, 0.5) is 5.69 Å². The van der Waals surface area contributed by atoms with Crippen molar-refractivity contribution in [2.24, 2.45) is 0 Å². The number of Topliss-reactive ketones (excluding diaryl/α,β-unsaturated/α-hetero) is 1. The Bertz CT molecular complexity index is 965. The predicted molar refractivity (Wildman–Crippen MR) is 118 cm³/mol. The minimum Gasteiger partial charge on any atom is -0.381 e. The SMILES string of the molecule is CCCCc1cc(NC2CCCC2)c2[nH]c(-c3ccccc3)c(C(C)=O)c2c1. The van der Waals surface area contributed by atoms with Crippen LogP contribution in [0.25, 0.3) is 22.2 Å². The quantitative estimate of drug-likeness (QED) is 0.450. The highest BCUT2D eigenvalue weighted by Gasteiger charge is 2.21. The number of aromatic amines is 1. The largest absolute Gasteiger partial charge is 0.381 e. The van der Waals surface area contributed by atoms with Crippen LogP contribution in [0, 0.1) is 0 Å². The van der Waals surface area contributed by atoms with Crippen molar-refractivity contribution in [1.29, 1.82) is 0 Å². The fourth-order valence-electron chi connectivity index (χ4n) is 4.47. The van der Waals surface area contributed by atoms with Crippen LogP contribution in [0.5, 0.6) is 0 Å². The fraction of sp³-hybridized carbons (Fsp3) is 0.400. The molecule has 1 heterocycles. The van der Waals surface area contributed by atoms with Crippen molar-refractivity contribution in [3.8, 4) is 11.3 Å². The van der Waals surface area contributed by atoms with Gasteiger partial charge in [0, 0.05) is 11.4 Å². The van der Waals surface area contributed by atoms with Crippen LogP contribution in [0.2, 0.25) is 0 Å². The van der Waals surface area contributed by atoms with Gasteiger partial charge in [0.1, 0.15) is 0 Å². The van der Waals surface area contributed by atoms with Gasteiger partial charge in [0.15, 0.2) is 5.78 Å². The number of nitrogens with one attached hydrogen (secondary N) is 2. The number of carbonyl (C=O) groups is 1. The van der Waals surface area contributed by atoms with Crippen molar-refractivity contribution in [2.45, 2.75) is 64.8 Å². The maximum Gasteiger partial charge on any atom is 0.162 e. The third kappa shape index (κ3) is 3.71. The monoisotopic (exact) mass is 374 g/mol. The summed E-state index contributed by atoms with van der Waals surface area (Å²) < 4.78 is 0. The van der Waals surface area contributed by atoms with Gasteiger partial charge in [-0.05, 0) is 55.9 Å². The van der Waals surface area contributed by atoms with Crippen LogP contribution >= 0.6 is 0 Å². The summed E-state index contributed by atoms with van der Waals surface area (Å²) in [4.78, 5) is 16.3. The molecule has 0 aliphatic heterocycles. The molecule has 0 spiro atoms. The molecule has 0 amide bonds. The average molecular weight is 375 g/mol. The zero-order valence-corrected chi connectivity index (χ0v) is 17.0. The zero-order chi connectivity index (χ0) is 19.5. The molecule has 28 heavy (non-hydrogen) atoms. The van der Waals surface area contributed by atoms with E-state index >= 15 is 0 Å². The molecule has 0 radical (unpaired) electrons. The summed E-state index contributed by atoms with van der Waals surface area (Å²) in [5, 5.41) is 4.85. The molecule has 1 aromatic heterocycles. The summed E-state index contributed by atoms with van der Waals surface area (Å²) in [6.07, 6.45) is 8.45. The number of aryl methyl sites for hydroxylation is 1. The van der Waals surface area contributed by atoms with Gasteiger partial charge in [-0.2, -0.15) is 0 Å². The summed E-state index contributed by atoms with van der Waals surface area (Å²) in [6.45, 7) is 3.90. The first-order chi connectivity index (χ1) is 13.7. The summed E-state index contributed by atoms with van der Waals surface area (Å²) in [6, 6.07) is 15.3. The lowest BCUT2D eigenvalue weighted by atomic mass is 9.99. The Kier molecular flexibility index (Phi) is 5.52. The molecule has 3 heteroatoms. The second-order valence-electron chi connectivity index (χ2n) is 8.09. The van der Waals surface area contributed by atoms with E-state index in [4.69, 9.17) is 0 Å². The molecule has 146 valence electrons. The highest BCUT2D eigenvalue weighted by atomic mass is 16.1. The minimum atomic E-state index is 0.115. The molecule has 1 saturated carbocycles. The van der Waals surface area contributed by atoms with Crippen molar-refractivity contribution in [3.05, 3.63) is 53.6 Å². The molecule has 0 bridgehead atoms. The number of H-pyrrole nitrogens is 1. The van der Waals surface area contributed by atoms with E-state index < -0.39 is 0 Å². The van der Waals surface area contributed by atoms with Crippen molar-refractivity contribution < 1.29 is 4.79 Å². The number of anilines is 1. The maximum atomic E-state index is 12.7. The van der Waals surface area contributed by atoms with E-state index in [2.05, 4.69) is 41.5 Å². The molecule has 0 unspecified atom stereocenters. The number of benzene rings is 2. The average Bonchev–Trinajstić information content (AvgIpc) is 3.34. The van der Waals surface area contributed by atoms with Gasteiger partial charge in [-0.15, -0.1) is 0 Å². The van der Waals surface area contributed by atoms with E-state index in [9.17, 15) is 4.79 Å². The second-order valence-corrected chi connectivity index (χ2v) is 8.09. The summed E-state index contributed by atoms with van der Waals surface area (Å²) in [5.41, 5.74) is 6.34. The number of carbonyl (C=O) groups excluding carboxylic acids is 1. The van der Waals surface area contributed by atoms with E-state index in [1.165, 1.54) is 44.1 Å². The molecule has 3 nitrogen and oxygen atoms in total. The number of unbranched alkanes of at least 4 members (excludes halogenated alkanes) is 1. The summed E-state index contributed by atoms with van der Waals surface area (Å²) in [7, 11) is 0. The second kappa shape index (κ2) is 8.22. The minimum absolute atomic E-state index is 0.115. The Morgan fingerprint density at radius 2 is 1.89 bits per heavy atom. The van der Waals surface area contributed by atoms with Crippen LogP contribution in [0.3, 0.4) is 0 Å². The molecule has 0 atom stereocenters. The van der Waals surface area contributed by atoms with Crippen LogP contribution in [-0.2, 0) is 6.42 Å². The Morgan fingerprint density at radius 3 is 2.57 bits per heavy atom. The predicted octanol–water partition coefficient (Wildman–Crippen LogP) is 6.73. The summed E-state index contributed by atoms with van der Waals surface area (Å²) in [5.74, 6) is 0.115. The number of rotatable bonds is 7. The molecule has 2 aromatic carbocycles. The van der Waals surface area contributed by atoms with E-state index in [1.54, 1.807) is 6.92 Å². The Labute approximate surface area is 167 Å². The molecule has 1 fully saturated rings. The van der Waals surface area contributed by atoms with E-state index in [1.807, 2.05) is 18.2 Å². The first-order valence-electron chi connectivity index (χ1n) is 10.7. The third-order valence-corrected chi connectivity index (χ3v) is 5.92. The molecule has 2 N–H and O–H groups in total. The van der Waals surface area contributed by atoms with Crippen molar-refractivity contribution in [2.75, 3.05) is 5.32 Å². The molecule has 1 aliphatic rings. The standard InChI is InChI=1S/C25H30N2O/c1-3-4-10-18-15-21-23(17(2)28)24(19-11-6-5-7-12-19)27-25(21)22(16-18)26-20-13-8-9-14-20/h5-7,11-12,15-16,20,26-27H,3-4,8-10,13-14H2,1-2H3. The van der Waals surface area contributed by atoms with E-state index in [-0.39, 0.29) is 5.78 Å². The van der Waals surface area contributed by atoms with Gasteiger partial charge in [0.25, 0.3) is 0 Å². The topological polar surface area (TPSA) is 44.9 Å². The van der Waals surface area contributed by atoms with Gasteiger partial charge >= 0.3 is 0 Å². The third-order valence-electron chi connectivity index (χ3n) is 5.92. The van der Waals surface area contributed by atoms with Gasteiger partial charge < -0.3 is 10.3 Å². The number of fused-ring (bicyclic) bond motifs is 1. The lowest BCUT2D eigenvalue weighted by molar-refractivity contribution is 0.102. The molecule has 0 saturated heterocycles. The molecule has 1 aliphatic carbocycles. The van der Waals surface area contributed by atoms with E-state index in [0.29, 0.717) is 6.04 Å². The Morgan fingerprint density at radius 1 is 1.14 bits per heavy atom. The van der Waals surface area contributed by atoms with Gasteiger partial charge in [-0.25, -0.2) is 0 Å². The van der Waals surface area contributed by atoms with E-state index in [0.717, 1.165) is 39.8 Å². The maximum absolute atomic E-state index is 12.7. The Hall–Kier alpha value is -2.55. The smallest absolute Gasteiger partial charge is 0.162 e. The summed E-state index contributed by atoms with van der Waals surface area (Å²) >= 11 is 0. The molecule has 4 rings (SSSR count). The van der Waals surface area contributed by atoms with Crippen molar-refractivity contribution in [1.82, 2.24) is 4.98 Å². The lowest BCUT2D eigenvalue weighted by Gasteiger charge is -2.16. The normalized spacial score (nSPS) is 14.6. The number of hydrogen-bond donors (Lipinski definition) is 2. The first kappa shape index (κ1) is 18.8. The van der Waals surface area contributed by atoms with Gasteiger partial charge in [-0.3, -0.25) is 4.79 Å². The zero-order valence-electron chi connectivity index (χ0n) is 17.0. The number of hydrogen-bond acceptors (Lipinski definition) is 2. The van der Waals surface area contributed by atoms with Crippen LogP contribution in [-0.4, -0.2) is 16.8 Å². The fourth-order valence-corrected chi connectivity index (χ4v) is 4.47. The molecular formula is C25H30N2O. The molecular weight excluding hydrogens is 344 g/mol. The highest BCUT2D eigenvalue weighted by Crippen LogP contribution is 2.37. The van der Waals surface area contributed by atoms with Crippen LogP contribution < -0.4 is 5.32 Å². The Balaban J connectivity index is 1.89. The number of ketones is 1. The van der Waals surface area contributed by atoms with Gasteiger partial charge in [0.2, 0.25) is 0 Å². The number of aromatic nitrogens is 1. The van der Waals surface area contributed by atoms with Gasteiger partial charge in [0.05, 0.1) is 22.5 Å². The van der Waals surface area contributed by atoms with Crippen molar-refractivity contribution in [3.63, 3.8) is 0 Å². The first-order valence-corrected chi connectivity index (χ1v) is 10.7. The van der Waals surface area contributed by atoms with Crippen molar-refractivity contribution >= 4 is 22.4 Å². The molecule has 3 aromatic rings. The van der Waals surface area contributed by atoms with Gasteiger partial charge in [-0.1, -0.05) is 56.5 Å². The lowest BCUT2D eigenvalue weighted by Crippen LogP contribution is -2.15. The van der Waals surface area contributed by atoms with Crippen LogP contribution in [0.15, 0.2) is 42.5 Å². The highest BCUT2D eigenvalue weighted by molar-refractivity contribution is 6.14.